The summed E-state index contributed by atoms with van der Waals surface area (Å²) in [6.07, 6.45) is 2.40. The molecule has 0 saturated heterocycles. The Morgan fingerprint density at radius 1 is 1.08 bits per heavy atom. The van der Waals surface area contributed by atoms with E-state index in [0.29, 0.717) is 34.0 Å². The van der Waals surface area contributed by atoms with Crippen molar-refractivity contribution in [1.82, 2.24) is 9.97 Å². The highest BCUT2D eigenvalue weighted by Crippen LogP contribution is 2.41. The molecule has 0 radical (unpaired) electrons. The zero-order valence-corrected chi connectivity index (χ0v) is 12.9. The summed E-state index contributed by atoms with van der Waals surface area (Å²) in [7, 11) is 0. The zero-order chi connectivity index (χ0) is 16.7. The summed E-state index contributed by atoms with van der Waals surface area (Å²) in [5.41, 5.74) is 3.54. The monoisotopic (exact) mass is 318 g/mol. The Labute approximate surface area is 138 Å². The maximum absolute atomic E-state index is 11.4. The molecule has 1 N–H and O–H groups in total. The summed E-state index contributed by atoms with van der Waals surface area (Å²) >= 11 is 0. The summed E-state index contributed by atoms with van der Waals surface area (Å²) in [6, 6.07) is 12.6. The van der Waals surface area contributed by atoms with Crippen molar-refractivity contribution >= 4 is 5.78 Å². The van der Waals surface area contributed by atoms with Crippen LogP contribution in [0.15, 0.2) is 54.9 Å². The largest absolute Gasteiger partial charge is 0.437 e. The third-order valence-electron chi connectivity index (χ3n) is 4.09. The van der Waals surface area contributed by atoms with Gasteiger partial charge in [0.15, 0.2) is 11.5 Å². The number of carbonyl (C=O) groups is 1. The lowest BCUT2D eigenvalue weighted by atomic mass is 9.99. The molecule has 1 aromatic carbocycles. The van der Waals surface area contributed by atoms with E-state index >= 15 is 0 Å². The van der Waals surface area contributed by atoms with Crippen LogP contribution in [0.5, 0.6) is 11.6 Å². The number of carbonyl (C=O) groups excluding carboxylic acids is 1. The van der Waals surface area contributed by atoms with Crippen LogP contribution in [0, 0.1) is 0 Å². The van der Waals surface area contributed by atoms with E-state index in [1.165, 1.54) is 6.92 Å². The fourth-order valence-electron chi connectivity index (χ4n) is 2.75. The van der Waals surface area contributed by atoms with Gasteiger partial charge < -0.3 is 9.84 Å². The maximum atomic E-state index is 11.4. The van der Waals surface area contributed by atoms with E-state index in [-0.39, 0.29) is 5.78 Å². The number of ketones is 1. The first-order valence-corrected chi connectivity index (χ1v) is 7.55. The van der Waals surface area contributed by atoms with Crippen molar-refractivity contribution in [3.8, 4) is 22.9 Å². The average Bonchev–Trinajstić information content (AvgIpc) is 2.61. The summed E-state index contributed by atoms with van der Waals surface area (Å²) in [5.74, 6) is 0.903. The second kappa shape index (κ2) is 5.54. The molecule has 0 spiro atoms. The van der Waals surface area contributed by atoms with Gasteiger partial charge in [-0.25, -0.2) is 4.98 Å². The van der Waals surface area contributed by atoms with Crippen molar-refractivity contribution in [3.05, 3.63) is 71.5 Å². The zero-order valence-electron chi connectivity index (χ0n) is 12.9. The summed E-state index contributed by atoms with van der Waals surface area (Å²) in [5, 5.41) is 10.5. The van der Waals surface area contributed by atoms with Crippen LogP contribution in [-0.4, -0.2) is 20.9 Å². The van der Waals surface area contributed by atoms with Gasteiger partial charge in [-0.2, -0.15) is 0 Å². The van der Waals surface area contributed by atoms with Gasteiger partial charge in [-0.05, 0) is 25.1 Å². The predicted octanol–water partition coefficient (Wildman–Crippen LogP) is 3.53. The number of fused-ring (bicyclic) bond motifs is 2. The van der Waals surface area contributed by atoms with E-state index in [4.69, 9.17) is 4.74 Å². The fourth-order valence-corrected chi connectivity index (χ4v) is 2.75. The lowest BCUT2D eigenvalue weighted by molar-refractivity contribution is 0.101. The number of Topliss-reactive ketones (excluding diaryl/α,β-unsaturated/α-hetero) is 1. The van der Waals surface area contributed by atoms with Gasteiger partial charge in [-0.1, -0.05) is 24.3 Å². The van der Waals surface area contributed by atoms with Gasteiger partial charge in [0.1, 0.15) is 6.10 Å². The van der Waals surface area contributed by atoms with Crippen molar-refractivity contribution in [1.29, 1.82) is 0 Å². The molecule has 0 bridgehead atoms. The molecule has 1 unspecified atom stereocenters. The minimum Gasteiger partial charge on any atom is -0.437 e. The fraction of sp³-hybridized carbons (Fsp3) is 0.105. The van der Waals surface area contributed by atoms with Gasteiger partial charge in [0.2, 0.25) is 5.88 Å². The Balaban J connectivity index is 1.73. The molecule has 0 aliphatic carbocycles. The summed E-state index contributed by atoms with van der Waals surface area (Å²) in [6.45, 7) is 1.53. The van der Waals surface area contributed by atoms with Crippen molar-refractivity contribution in [2.24, 2.45) is 0 Å². The van der Waals surface area contributed by atoms with Crippen molar-refractivity contribution in [2.75, 3.05) is 0 Å². The minimum absolute atomic E-state index is 0.0236. The Morgan fingerprint density at radius 3 is 2.62 bits per heavy atom. The molecule has 2 aromatic heterocycles. The van der Waals surface area contributed by atoms with Gasteiger partial charge in [0.25, 0.3) is 0 Å². The molecular formula is C19H14N2O3. The third kappa shape index (κ3) is 2.35. The highest BCUT2D eigenvalue weighted by molar-refractivity contribution is 5.94. The van der Waals surface area contributed by atoms with Crippen LogP contribution >= 0.6 is 0 Å². The molecular weight excluding hydrogens is 304 g/mol. The van der Waals surface area contributed by atoms with Gasteiger partial charge >= 0.3 is 0 Å². The number of rotatable bonds is 2. The topological polar surface area (TPSA) is 72.3 Å². The lowest BCUT2D eigenvalue weighted by Crippen LogP contribution is -2.11. The molecule has 5 nitrogen and oxygen atoms in total. The van der Waals surface area contributed by atoms with Crippen LogP contribution in [0.3, 0.4) is 0 Å². The van der Waals surface area contributed by atoms with Crippen LogP contribution in [0.1, 0.15) is 34.5 Å². The Hall–Kier alpha value is -3.05. The minimum atomic E-state index is -0.784. The molecule has 1 aliphatic heterocycles. The number of hydrogen-bond donors (Lipinski definition) is 1. The lowest BCUT2D eigenvalue weighted by Gasteiger charge is -2.23. The molecule has 4 rings (SSSR count). The quantitative estimate of drug-likeness (QED) is 0.732. The normalized spacial score (nSPS) is 15.2. The molecule has 118 valence electrons. The second-order valence-electron chi connectivity index (χ2n) is 5.64. The number of ether oxygens (including phenoxy) is 1. The van der Waals surface area contributed by atoms with Gasteiger partial charge in [0, 0.05) is 28.5 Å². The number of aliphatic hydroxyl groups is 1. The van der Waals surface area contributed by atoms with E-state index in [2.05, 4.69) is 9.97 Å². The van der Waals surface area contributed by atoms with Crippen LogP contribution in [-0.2, 0) is 0 Å². The molecule has 1 aliphatic rings. The standard InChI is InChI=1S/C19H14N2O3/c1-11(22)12-2-4-13(5-3-12)16-7-6-15-18(23)14-8-9-20-10-17(14)24-19(15)21-16/h2-10,18,23H,1H3. The first-order chi connectivity index (χ1) is 11.6. The van der Waals surface area contributed by atoms with E-state index in [9.17, 15) is 9.90 Å². The SMILES string of the molecule is CC(=O)c1ccc(-c2ccc3c(n2)Oc2cnccc2C3O)cc1. The number of nitrogens with zero attached hydrogens (tertiary/aromatic N) is 2. The van der Waals surface area contributed by atoms with E-state index in [1.54, 1.807) is 30.6 Å². The smallest absolute Gasteiger partial charge is 0.226 e. The van der Waals surface area contributed by atoms with Crippen molar-refractivity contribution in [2.45, 2.75) is 13.0 Å². The Bertz CT molecular complexity index is 936. The number of aromatic nitrogens is 2. The first-order valence-electron chi connectivity index (χ1n) is 7.55. The molecule has 1 atom stereocenters. The predicted molar refractivity (Wildman–Crippen MR) is 88.1 cm³/mol. The molecule has 0 amide bonds. The maximum Gasteiger partial charge on any atom is 0.226 e. The Morgan fingerprint density at radius 2 is 1.88 bits per heavy atom. The molecule has 5 heteroatoms. The van der Waals surface area contributed by atoms with E-state index in [0.717, 1.165) is 5.56 Å². The summed E-state index contributed by atoms with van der Waals surface area (Å²) < 4.78 is 5.78. The highest BCUT2D eigenvalue weighted by Gasteiger charge is 2.27. The highest BCUT2D eigenvalue weighted by atomic mass is 16.5. The third-order valence-corrected chi connectivity index (χ3v) is 4.09. The van der Waals surface area contributed by atoms with Crippen LogP contribution in [0.2, 0.25) is 0 Å². The summed E-state index contributed by atoms with van der Waals surface area (Å²) in [4.78, 5) is 19.9. The molecule has 0 saturated carbocycles. The Kier molecular flexibility index (Phi) is 3.36. The van der Waals surface area contributed by atoms with Crippen molar-refractivity contribution in [3.63, 3.8) is 0 Å². The van der Waals surface area contributed by atoms with E-state index < -0.39 is 6.10 Å². The van der Waals surface area contributed by atoms with Gasteiger partial charge in [-0.3, -0.25) is 9.78 Å². The van der Waals surface area contributed by atoms with Crippen LogP contribution in [0.25, 0.3) is 11.3 Å². The van der Waals surface area contributed by atoms with Crippen molar-refractivity contribution < 1.29 is 14.6 Å². The number of hydrogen-bond acceptors (Lipinski definition) is 5. The molecule has 3 heterocycles. The van der Waals surface area contributed by atoms with Crippen LogP contribution in [0.4, 0.5) is 0 Å². The molecule has 24 heavy (non-hydrogen) atoms. The molecule has 0 fully saturated rings. The number of aliphatic hydroxyl groups excluding tert-OH is 1. The van der Waals surface area contributed by atoms with E-state index in [1.807, 2.05) is 24.3 Å². The van der Waals surface area contributed by atoms with Gasteiger partial charge in [0.05, 0.1) is 11.9 Å². The number of pyridine rings is 2. The van der Waals surface area contributed by atoms with Crippen LogP contribution < -0.4 is 4.74 Å². The average molecular weight is 318 g/mol. The first kappa shape index (κ1) is 14.5. The molecule has 3 aromatic rings. The second-order valence-corrected chi connectivity index (χ2v) is 5.64. The van der Waals surface area contributed by atoms with Gasteiger partial charge in [-0.15, -0.1) is 0 Å². The number of benzene rings is 1.